The molecule has 1 aliphatic carbocycles. The van der Waals surface area contributed by atoms with Crippen LogP contribution in [-0.2, 0) is 22.4 Å². The number of nitrogens with one attached hydrogen (secondary N) is 1. The van der Waals surface area contributed by atoms with Gasteiger partial charge in [0.05, 0.1) is 34.8 Å². The van der Waals surface area contributed by atoms with Gasteiger partial charge in [-0.1, -0.05) is 11.6 Å². The topological polar surface area (TPSA) is 93.4 Å². The third kappa shape index (κ3) is 3.34. The van der Waals surface area contributed by atoms with Crippen molar-refractivity contribution in [3.63, 3.8) is 0 Å². The highest BCUT2D eigenvalue weighted by Gasteiger charge is 2.43. The lowest BCUT2D eigenvalue weighted by atomic mass is 9.86. The minimum absolute atomic E-state index is 0.0255. The summed E-state index contributed by atoms with van der Waals surface area (Å²) >= 11 is 12.5. The number of likely N-dealkylation sites (tertiary alicyclic amines) is 1. The van der Waals surface area contributed by atoms with E-state index in [0.717, 1.165) is 42.4 Å². The first-order chi connectivity index (χ1) is 15.5. The number of aromatic nitrogens is 2. The van der Waals surface area contributed by atoms with Gasteiger partial charge in [-0.15, -0.1) is 24.0 Å². The maximum atomic E-state index is 13.2. The molecule has 32 heavy (non-hydrogen) atoms. The van der Waals surface area contributed by atoms with Crippen molar-refractivity contribution in [2.45, 2.75) is 42.7 Å². The second-order valence-electron chi connectivity index (χ2n) is 8.70. The van der Waals surface area contributed by atoms with Crippen molar-refractivity contribution in [3.05, 3.63) is 33.9 Å². The molecular formula is C22H22ClN5O2S2. The number of anilines is 3. The van der Waals surface area contributed by atoms with Gasteiger partial charge in [0.1, 0.15) is 17.0 Å². The molecular weight excluding hydrogens is 466 g/mol. The van der Waals surface area contributed by atoms with Crippen molar-refractivity contribution in [2.24, 2.45) is 5.92 Å². The van der Waals surface area contributed by atoms with E-state index in [1.54, 1.807) is 29.8 Å². The molecule has 0 spiro atoms. The predicted octanol–water partition coefficient (Wildman–Crippen LogP) is 4.06. The Morgan fingerprint density at radius 3 is 3.03 bits per heavy atom. The van der Waals surface area contributed by atoms with Gasteiger partial charge < -0.3 is 20.7 Å². The zero-order valence-corrected chi connectivity index (χ0v) is 19.6. The minimum Gasteiger partial charge on any atom is -0.398 e. The normalized spacial score (nSPS) is 24.2. The van der Waals surface area contributed by atoms with Gasteiger partial charge >= 0.3 is 0 Å². The molecule has 0 radical (unpaired) electrons. The van der Waals surface area contributed by atoms with Gasteiger partial charge in [0.25, 0.3) is 0 Å². The number of halogens is 1. The molecule has 7 nitrogen and oxygen atoms in total. The number of amides is 1. The number of nitrogen functional groups attached to an aromatic ring is 1. The van der Waals surface area contributed by atoms with E-state index in [1.807, 2.05) is 0 Å². The van der Waals surface area contributed by atoms with Crippen LogP contribution in [0, 0.1) is 5.92 Å². The number of morpholine rings is 1. The standard InChI is InChI=1S/C22H22ClN5O2S2/c23-14-5-15(24)17(31)6-16(14)27-20-19-13-2-1-10(3-18(13)32-21(19)26-9-25-20)22(29)28-7-12-4-11(28)8-30-12/h5-6,9-12,31H,1-4,7-8,24H2,(H,25,26,27)/t10-,11?,12?/m0/s1. The lowest BCUT2D eigenvalue weighted by Crippen LogP contribution is -2.45. The number of hydrogen-bond donors (Lipinski definition) is 3. The second kappa shape index (κ2) is 7.76. The number of nitrogens with zero attached hydrogens (tertiary/aromatic N) is 3. The average molecular weight is 488 g/mol. The summed E-state index contributed by atoms with van der Waals surface area (Å²) in [6.45, 7) is 1.43. The Kier molecular flexibility index (Phi) is 4.98. The number of fused-ring (bicyclic) bond motifs is 5. The Bertz CT molecular complexity index is 1250. The van der Waals surface area contributed by atoms with Gasteiger partial charge in [-0.05, 0) is 43.4 Å². The van der Waals surface area contributed by atoms with Gasteiger partial charge in [0, 0.05) is 27.9 Å². The van der Waals surface area contributed by atoms with E-state index in [-0.39, 0.29) is 24.0 Å². The van der Waals surface area contributed by atoms with Crippen molar-refractivity contribution in [3.8, 4) is 0 Å². The molecule has 1 amide bonds. The van der Waals surface area contributed by atoms with Crippen LogP contribution in [0.2, 0.25) is 5.02 Å². The van der Waals surface area contributed by atoms with Gasteiger partial charge in [0.15, 0.2) is 0 Å². The fraction of sp³-hybridized carbons (Fsp3) is 0.409. The van der Waals surface area contributed by atoms with Crippen LogP contribution in [0.5, 0.6) is 0 Å². The summed E-state index contributed by atoms with van der Waals surface area (Å²) < 4.78 is 5.66. The number of carbonyl (C=O) groups excluding carboxylic acids is 1. The molecule has 2 aliphatic heterocycles. The van der Waals surface area contributed by atoms with Crippen LogP contribution in [0.3, 0.4) is 0 Å². The summed E-state index contributed by atoms with van der Waals surface area (Å²) in [6, 6.07) is 3.75. The molecule has 3 aromatic rings. The highest BCUT2D eigenvalue weighted by molar-refractivity contribution is 7.80. The van der Waals surface area contributed by atoms with E-state index in [9.17, 15) is 4.79 Å². The van der Waals surface area contributed by atoms with Crippen LogP contribution in [0.4, 0.5) is 17.2 Å². The molecule has 2 aromatic heterocycles. The number of ether oxygens (including phenoxy) is 1. The molecule has 6 rings (SSSR count). The zero-order valence-electron chi connectivity index (χ0n) is 17.2. The number of thiophene rings is 1. The van der Waals surface area contributed by atoms with Crippen LogP contribution < -0.4 is 11.1 Å². The van der Waals surface area contributed by atoms with Crippen molar-refractivity contribution in [1.29, 1.82) is 0 Å². The van der Waals surface area contributed by atoms with Crippen molar-refractivity contribution < 1.29 is 9.53 Å². The third-order valence-electron chi connectivity index (χ3n) is 6.75. The largest absolute Gasteiger partial charge is 0.398 e. The second-order valence-corrected chi connectivity index (χ2v) is 10.7. The first-order valence-corrected chi connectivity index (χ1v) is 12.3. The zero-order chi connectivity index (χ0) is 22.0. The number of rotatable bonds is 3. The average Bonchev–Trinajstić information content (AvgIpc) is 3.50. The third-order valence-corrected chi connectivity index (χ3v) is 8.61. The molecule has 3 atom stereocenters. The van der Waals surface area contributed by atoms with Gasteiger partial charge in [0.2, 0.25) is 5.91 Å². The molecule has 3 aliphatic rings. The summed E-state index contributed by atoms with van der Waals surface area (Å²) in [5, 5.41) is 4.87. The monoisotopic (exact) mass is 487 g/mol. The number of aryl methyl sites for hydroxylation is 1. The van der Waals surface area contributed by atoms with Crippen molar-refractivity contribution >= 4 is 68.9 Å². The minimum atomic E-state index is 0.0255. The maximum Gasteiger partial charge on any atom is 0.226 e. The summed E-state index contributed by atoms with van der Waals surface area (Å²) in [6.07, 6.45) is 5.20. The summed E-state index contributed by atoms with van der Waals surface area (Å²) in [5.41, 5.74) is 8.36. The van der Waals surface area contributed by atoms with E-state index in [1.165, 1.54) is 10.4 Å². The van der Waals surface area contributed by atoms with E-state index in [2.05, 4.69) is 32.8 Å². The fourth-order valence-electron chi connectivity index (χ4n) is 5.12. The number of carbonyl (C=O) groups is 1. The smallest absolute Gasteiger partial charge is 0.226 e. The highest BCUT2D eigenvalue weighted by atomic mass is 35.5. The molecule has 2 saturated heterocycles. The molecule has 10 heteroatoms. The van der Waals surface area contributed by atoms with Crippen LogP contribution >= 0.6 is 35.6 Å². The van der Waals surface area contributed by atoms with Crippen LogP contribution in [0.1, 0.15) is 23.3 Å². The first kappa shape index (κ1) is 20.5. The van der Waals surface area contributed by atoms with E-state index >= 15 is 0 Å². The Morgan fingerprint density at radius 1 is 1.38 bits per heavy atom. The lowest BCUT2D eigenvalue weighted by Gasteiger charge is -2.32. The highest BCUT2D eigenvalue weighted by Crippen LogP contribution is 2.42. The molecule has 1 aromatic carbocycles. The van der Waals surface area contributed by atoms with Gasteiger partial charge in [-0.2, -0.15) is 0 Å². The molecule has 2 bridgehead atoms. The molecule has 2 unspecified atom stereocenters. The van der Waals surface area contributed by atoms with E-state index in [0.29, 0.717) is 33.7 Å². The SMILES string of the molecule is Nc1cc(Cl)c(Nc2ncnc3sc4c(c23)CC[C@H](C(=O)N2CC3CC2CO3)C4)cc1S. The summed E-state index contributed by atoms with van der Waals surface area (Å²) in [7, 11) is 0. The van der Waals surface area contributed by atoms with E-state index < -0.39 is 0 Å². The summed E-state index contributed by atoms with van der Waals surface area (Å²) in [4.78, 5) is 27.1. The van der Waals surface area contributed by atoms with Gasteiger partial charge in [-0.3, -0.25) is 4.79 Å². The van der Waals surface area contributed by atoms with Crippen LogP contribution in [0.25, 0.3) is 10.2 Å². The van der Waals surface area contributed by atoms with Crippen LogP contribution in [-0.4, -0.2) is 46.1 Å². The van der Waals surface area contributed by atoms with E-state index in [4.69, 9.17) is 22.1 Å². The van der Waals surface area contributed by atoms with Crippen molar-refractivity contribution in [2.75, 3.05) is 24.2 Å². The fourth-order valence-corrected chi connectivity index (χ4v) is 6.80. The number of hydrogen-bond acceptors (Lipinski definition) is 8. The molecule has 166 valence electrons. The Labute approximate surface area is 199 Å². The van der Waals surface area contributed by atoms with Crippen LogP contribution in [0.15, 0.2) is 23.4 Å². The lowest BCUT2D eigenvalue weighted by molar-refractivity contribution is -0.140. The predicted molar refractivity (Wildman–Crippen MR) is 129 cm³/mol. The maximum absolute atomic E-state index is 13.2. The number of benzene rings is 1. The summed E-state index contributed by atoms with van der Waals surface area (Å²) in [5.74, 6) is 1.02. The Morgan fingerprint density at radius 2 is 2.25 bits per heavy atom. The van der Waals surface area contributed by atoms with Gasteiger partial charge in [-0.25, -0.2) is 9.97 Å². The Hall–Kier alpha value is -2.07. The Balaban J connectivity index is 1.30. The number of thiol groups is 1. The quantitative estimate of drug-likeness (QED) is 0.381. The number of nitrogens with two attached hydrogens (primary N) is 1. The molecule has 0 saturated carbocycles. The molecule has 3 N–H and O–H groups in total. The molecule has 2 fully saturated rings. The molecule has 4 heterocycles. The first-order valence-electron chi connectivity index (χ1n) is 10.7. The van der Waals surface area contributed by atoms with Crippen molar-refractivity contribution in [1.82, 2.24) is 14.9 Å².